The van der Waals surface area contributed by atoms with Crippen molar-refractivity contribution in [3.63, 3.8) is 0 Å². The lowest BCUT2D eigenvalue weighted by Crippen LogP contribution is -2.13. The number of nitrogens with one attached hydrogen (secondary N) is 1. The van der Waals surface area contributed by atoms with Gasteiger partial charge in [0.1, 0.15) is 12.0 Å². The van der Waals surface area contributed by atoms with Gasteiger partial charge >= 0.3 is 0 Å². The highest BCUT2D eigenvalue weighted by Gasteiger charge is 2.16. The summed E-state index contributed by atoms with van der Waals surface area (Å²) in [7, 11) is 0. The molecule has 3 heterocycles. The molecule has 3 aromatic heterocycles. The molecule has 23 heavy (non-hydrogen) atoms. The predicted molar refractivity (Wildman–Crippen MR) is 87.7 cm³/mol. The van der Waals surface area contributed by atoms with Crippen molar-refractivity contribution >= 4 is 28.0 Å². The summed E-state index contributed by atoms with van der Waals surface area (Å²) in [5.41, 5.74) is 3.57. The van der Waals surface area contributed by atoms with E-state index in [2.05, 4.69) is 15.5 Å². The van der Waals surface area contributed by atoms with Gasteiger partial charge in [0.05, 0.1) is 5.69 Å². The minimum atomic E-state index is -0.252. The van der Waals surface area contributed by atoms with Crippen molar-refractivity contribution in [3.05, 3.63) is 59.4 Å². The molecule has 7 heteroatoms. The van der Waals surface area contributed by atoms with E-state index in [9.17, 15) is 4.79 Å². The van der Waals surface area contributed by atoms with Gasteiger partial charge in [0, 0.05) is 23.2 Å². The molecule has 1 amide bonds. The molecule has 0 spiro atoms. The number of aromatic nitrogens is 3. The number of benzene rings is 1. The SMILES string of the molecule is Cc1ccc(-c2cn3c(C(=O)Nc4ccon4)csc3n2)cc1. The van der Waals surface area contributed by atoms with Crippen LogP contribution in [0.4, 0.5) is 5.82 Å². The van der Waals surface area contributed by atoms with Crippen LogP contribution in [0.25, 0.3) is 16.2 Å². The number of imidazole rings is 1. The fraction of sp³-hybridized carbons (Fsp3) is 0.0625. The number of anilines is 1. The van der Waals surface area contributed by atoms with Crippen molar-refractivity contribution in [2.75, 3.05) is 5.32 Å². The van der Waals surface area contributed by atoms with Gasteiger partial charge < -0.3 is 9.84 Å². The summed E-state index contributed by atoms with van der Waals surface area (Å²) >= 11 is 1.42. The van der Waals surface area contributed by atoms with Gasteiger partial charge in [-0.2, -0.15) is 0 Å². The lowest BCUT2D eigenvalue weighted by atomic mass is 10.1. The smallest absolute Gasteiger partial charge is 0.274 e. The molecule has 0 bridgehead atoms. The van der Waals surface area contributed by atoms with Crippen LogP contribution in [0.3, 0.4) is 0 Å². The second kappa shape index (κ2) is 5.36. The first-order valence-electron chi connectivity index (χ1n) is 6.96. The van der Waals surface area contributed by atoms with Gasteiger partial charge in [0.15, 0.2) is 10.8 Å². The number of rotatable bonds is 3. The van der Waals surface area contributed by atoms with Crippen LogP contribution in [0.5, 0.6) is 0 Å². The second-order valence-electron chi connectivity index (χ2n) is 5.10. The molecule has 114 valence electrons. The van der Waals surface area contributed by atoms with Crippen LogP contribution in [0.15, 0.2) is 52.7 Å². The Morgan fingerprint density at radius 2 is 2.09 bits per heavy atom. The van der Waals surface area contributed by atoms with E-state index in [0.717, 1.165) is 16.2 Å². The van der Waals surface area contributed by atoms with E-state index < -0.39 is 0 Å². The van der Waals surface area contributed by atoms with Gasteiger partial charge in [-0.15, -0.1) is 11.3 Å². The topological polar surface area (TPSA) is 72.4 Å². The minimum Gasteiger partial charge on any atom is -0.363 e. The van der Waals surface area contributed by atoms with Crippen molar-refractivity contribution in [1.29, 1.82) is 0 Å². The van der Waals surface area contributed by atoms with Crippen LogP contribution < -0.4 is 5.32 Å². The third-order valence-electron chi connectivity index (χ3n) is 3.47. The highest BCUT2D eigenvalue weighted by Crippen LogP contribution is 2.24. The van der Waals surface area contributed by atoms with Crippen molar-refractivity contribution in [2.45, 2.75) is 6.92 Å². The van der Waals surface area contributed by atoms with Crippen LogP contribution in [-0.2, 0) is 0 Å². The van der Waals surface area contributed by atoms with Crippen LogP contribution in [0.2, 0.25) is 0 Å². The molecule has 0 saturated heterocycles. The fourth-order valence-electron chi connectivity index (χ4n) is 2.27. The van der Waals surface area contributed by atoms with Crippen LogP contribution >= 0.6 is 11.3 Å². The maximum atomic E-state index is 12.3. The van der Waals surface area contributed by atoms with Gasteiger partial charge in [0.25, 0.3) is 5.91 Å². The Hall–Kier alpha value is -2.93. The second-order valence-corrected chi connectivity index (χ2v) is 5.94. The van der Waals surface area contributed by atoms with Gasteiger partial charge in [-0.3, -0.25) is 9.20 Å². The van der Waals surface area contributed by atoms with Crippen molar-refractivity contribution in [3.8, 4) is 11.3 Å². The molecule has 0 aliphatic heterocycles. The third-order valence-corrected chi connectivity index (χ3v) is 4.31. The zero-order valence-corrected chi connectivity index (χ0v) is 13.0. The largest absolute Gasteiger partial charge is 0.363 e. The Labute approximate surface area is 135 Å². The molecule has 0 saturated carbocycles. The molecule has 0 fully saturated rings. The number of thiazole rings is 1. The Balaban J connectivity index is 1.69. The number of aryl methyl sites for hydroxylation is 1. The van der Waals surface area contributed by atoms with E-state index in [1.54, 1.807) is 15.8 Å². The zero-order chi connectivity index (χ0) is 15.8. The molecule has 6 nitrogen and oxygen atoms in total. The van der Waals surface area contributed by atoms with Crippen molar-refractivity contribution in [2.24, 2.45) is 0 Å². The number of nitrogens with zero attached hydrogens (tertiary/aromatic N) is 3. The summed E-state index contributed by atoms with van der Waals surface area (Å²) in [6.07, 6.45) is 3.28. The van der Waals surface area contributed by atoms with E-state index in [1.807, 2.05) is 37.4 Å². The van der Waals surface area contributed by atoms with Crippen LogP contribution in [-0.4, -0.2) is 20.4 Å². The lowest BCUT2D eigenvalue weighted by Gasteiger charge is -1.99. The zero-order valence-electron chi connectivity index (χ0n) is 12.2. The first-order chi connectivity index (χ1) is 11.2. The standard InChI is InChI=1S/C16H12N4O2S/c1-10-2-4-11(5-3-10)12-8-20-13(9-23-16(20)17-12)15(21)18-14-6-7-22-19-14/h2-9H,1H3,(H,18,19,21). The van der Waals surface area contributed by atoms with E-state index in [0.29, 0.717) is 11.5 Å². The minimum absolute atomic E-state index is 0.252. The first-order valence-corrected chi connectivity index (χ1v) is 7.84. The average Bonchev–Trinajstić information content (AvgIpc) is 3.23. The maximum Gasteiger partial charge on any atom is 0.274 e. The molecule has 0 unspecified atom stereocenters. The average molecular weight is 324 g/mol. The van der Waals surface area contributed by atoms with Crippen LogP contribution in [0.1, 0.15) is 16.1 Å². The number of amides is 1. The van der Waals surface area contributed by atoms with Gasteiger partial charge in [-0.25, -0.2) is 4.98 Å². The van der Waals surface area contributed by atoms with Crippen LogP contribution in [0, 0.1) is 6.92 Å². The first kappa shape index (κ1) is 13.7. The maximum absolute atomic E-state index is 12.3. The highest BCUT2D eigenvalue weighted by molar-refractivity contribution is 7.15. The molecule has 0 atom stereocenters. The molecule has 0 radical (unpaired) electrons. The van der Waals surface area contributed by atoms with Gasteiger partial charge in [0.2, 0.25) is 0 Å². The monoisotopic (exact) mass is 324 g/mol. The number of hydrogen-bond donors (Lipinski definition) is 1. The molecular formula is C16H12N4O2S. The molecule has 4 aromatic rings. The summed E-state index contributed by atoms with van der Waals surface area (Å²) in [6.45, 7) is 2.04. The van der Waals surface area contributed by atoms with E-state index in [-0.39, 0.29) is 5.91 Å². The Bertz CT molecular complexity index is 968. The predicted octanol–water partition coefficient (Wildman–Crippen LogP) is 3.61. The fourth-order valence-corrected chi connectivity index (χ4v) is 3.12. The molecule has 1 N–H and O–H groups in total. The molecule has 0 aliphatic carbocycles. The van der Waals surface area contributed by atoms with Crippen molar-refractivity contribution in [1.82, 2.24) is 14.5 Å². The Kier molecular flexibility index (Phi) is 3.20. The number of carbonyl (C=O) groups is 1. The summed E-state index contributed by atoms with van der Waals surface area (Å²) in [4.78, 5) is 17.7. The molecule has 0 aliphatic rings. The van der Waals surface area contributed by atoms with E-state index in [4.69, 9.17) is 4.52 Å². The quantitative estimate of drug-likeness (QED) is 0.625. The molecule has 1 aromatic carbocycles. The number of carbonyl (C=O) groups excluding carboxylic acids is 1. The van der Waals surface area contributed by atoms with E-state index in [1.165, 1.54) is 23.2 Å². The molecular weight excluding hydrogens is 312 g/mol. The summed E-state index contributed by atoms with van der Waals surface area (Å²) in [5.74, 6) is 0.131. The highest BCUT2D eigenvalue weighted by atomic mass is 32.1. The van der Waals surface area contributed by atoms with Crippen molar-refractivity contribution < 1.29 is 9.32 Å². The van der Waals surface area contributed by atoms with Gasteiger partial charge in [-0.05, 0) is 6.92 Å². The molecule has 4 rings (SSSR count). The normalized spacial score (nSPS) is 11.0. The third kappa shape index (κ3) is 2.51. The Morgan fingerprint density at radius 3 is 2.83 bits per heavy atom. The number of fused-ring (bicyclic) bond motifs is 1. The summed E-state index contributed by atoms with van der Waals surface area (Å²) in [5, 5.41) is 8.14. The summed E-state index contributed by atoms with van der Waals surface area (Å²) < 4.78 is 6.50. The Morgan fingerprint density at radius 1 is 1.26 bits per heavy atom. The van der Waals surface area contributed by atoms with E-state index >= 15 is 0 Å². The lowest BCUT2D eigenvalue weighted by molar-refractivity contribution is 0.102. The summed E-state index contributed by atoms with van der Waals surface area (Å²) in [6, 6.07) is 9.73. The number of hydrogen-bond acceptors (Lipinski definition) is 5. The van der Waals surface area contributed by atoms with Gasteiger partial charge in [-0.1, -0.05) is 35.0 Å².